The normalized spacial score (nSPS) is 15.2. The van der Waals surface area contributed by atoms with E-state index in [0.29, 0.717) is 0 Å². The number of hydrogen-bond acceptors (Lipinski definition) is 3. The summed E-state index contributed by atoms with van der Waals surface area (Å²) in [5, 5.41) is 13.2. The number of nitrogens with zero attached hydrogens (tertiary/aromatic N) is 1. The SMILES string of the molecule is CCC(CO)C(c1csc2ccccc12)N(C)C. The molecule has 0 bridgehead atoms. The molecule has 0 spiro atoms. The first kappa shape index (κ1) is 13.5. The van der Waals surface area contributed by atoms with Gasteiger partial charge in [0.25, 0.3) is 0 Å². The first-order valence-corrected chi connectivity index (χ1v) is 7.30. The fourth-order valence-corrected chi connectivity index (χ4v) is 3.62. The predicted molar refractivity (Wildman–Crippen MR) is 79.1 cm³/mol. The molecular weight excluding hydrogens is 242 g/mol. The molecule has 1 heterocycles. The van der Waals surface area contributed by atoms with Gasteiger partial charge in [-0.05, 0) is 42.9 Å². The number of hydrogen-bond donors (Lipinski definition) is 1. The summed E-state index contributed by atoms with van der Waals surface area (Å²) in [5.41, 5.74) is 1.35. The van der Waals surface area contributed by atoms with Crippen molar-refractivity contribution in [3.05, 3.63) is 35.2 Å². The van der Waals surface area contributed by atoms with Crippen molar-refractivity contribution in [2.45, 2.75) is 19.4 Å². The lowest BCUT2D eigenvalue weighted by Crippen LogP contribution is -2.29. The summed E-state index contributed by atoms with van der Waals surface area (Å²) in [6.45, 7) is 2.38. The Balaban J connectivity index is 2.48. The number of rotatable bonds is 5. The van der Waals surface area contributed by atoms with Crippen molar-refractivity contribution < 1.29 is 5.11 Å². The highest BCUT2D eigenvalue weighted by Gasteiger charge is 2.25. The number of benzene rings is 1. The van der Waals surface area contributed by atoms with Gasteiger partial charge in [0.05, 0.1) is 0 Å². The van der Waals surface area contributed by atoms with Crippen molar-refractivity contribution in [3.8, 4) is 0 Å². The van der Waals surface area contributed by atoms with Gasteiger partial charge in [0.2, 0.25) is 0 Å². The maximum absolute atomic E-state index is 9.59. The zero-order valence-corrected chi connectivity index (χ0v) is 12.1. The maximum Gasteiger partial charge on any atom is 0.0477 e. The Kier molecular flexibility index (Phi) is 4.38. The van der Waals surface area contributed by atoms with E-state index >= 15 is 0 Å². The molecule has 2 aromatic rings. The fourth-order valence-electron chi connectivity index (χ4n) is 2.63. The van der Waals surface area contributed by atoms with Crippen molar-refractivity contribution in [2.24, 2.45) is 5.92 Å². The van der Waals surface area contributed by atoms with Gasteiger partial charge in [-0.25, -0.2) is 0 Å². The van der Waals surface area contributed by atoms with Gasteiger partial charge in [-0.15, -0.1) is 11.3 Å². The number of fused-ring (bicyclic) bond motifs is 1. The van der Waals surface area contributed by atoms with E-state index < -0.39 is 0 Å². The minimum Gasteiger partial charge on any atom is -0.396 e. The predicted octanol–water partition coefficient (Wildman–Crippen LogP) is 3.52. The van der Waals surface area contributed by atoms with E-state index in [9.17, 15) is 5.11 Å². The second-order valence-electron chi connectivity index (χ2n) is 4.95. The highest BCUT2D eigenvalue weighted by Crippen LogP contribution is 2.37. The smallest absolute Gasteiger partial charge is 0.0477 e. The minimum absolute atomic E-state index is 0.240. The lowest BCUT2D eigenvalue weighted by Gasteiger charge is -2.30. The summed E-state index contributed by atoms with van der Waals surface area (Å²) < 4.78 is 1.33. The van der Waals surface area contributed by atoms with E-state index in [0.717, 1.165) is 6.42 Å². The third kappa shape index (κ3) is 2.44. The molecule has 0 aliphatic carbocycles. The molecule has 1 N–H and O–H groups in total. The van der Waals surface area contributed by atoms with Crippen molar-refractivity contribution in [1.29, 1.82) is 0 Å². The van der Waals surface area contributed by atoms with Crippen LogP contribution in [0.1, 0.15) is 24.9 Å². The van der Waals surface area contributed by atoms with Crippen LogP contribution in [0.15, 0.2) is 29.6 Å². The lowest BCUT2D eigenvalue weighted by atomic mass is 9.90. The van der Waals surface area contributed by atoms with E-state index in [1.54, 1.807) is 11.3 Å². The molecule has 2 atom stereocenters. The minimum atomic E-state index is 0.240. The average molecular weight is 263 g/mol. The molecule has 0 saturated heterocycles. The van der Waals surface area contributed by atoms with Crippen LogP contribution in [0, 0.1) is 5.92 Å². The van der Waals surface area contributed by atoms with Crippen molar-refractivity contribution in [1.82, 2.24) is 4.90 Å². The Morgan fingerprint density at radius 2 is 2.00 bits per heavy atom. The molecule has 1 aromatic heterocycles. The molecule has 0 fully saturated rings. The lowest BCUT2D eigenvalue weighted by molar-refractivity contribution is 0.131. The molecule has 0 aliphatic heterocycles. The van der Waals surface area contributed by atoms with Gasteiger partial charge in [0.15, 0.2) is 0 Å². The van der Waals surface area contributed by atoms with Crippen molar-refractivity contribution >= 4 is 21.4 Å². The highest BCUT2D eigenvalue weighted by atomic mass is 32.1. The monoisotopic (exact) mass is 263 g/mol. The third-order valence-electron chi connectivity index (χ3n) is 3.59. The quantitative estimate of drug-likeness (QED) is 0.892. The van der Waals surface area contributed by atoms with E-state index in [1.165, 1.54) is 15.6 Å². The van der Waals surface area contributed by atoms with Crippen LogP contribution in [0.5, 0.6) is 0 Å². The molecule has 98 valence electrons. The Labute approximate surface area is 113 Å². The fraction of sp³-hybridized carbons (Fsp3) is 0.467. The highest BCUT2D eigenvalue weighted by molar-refractivity contribution is 7.17. The topological polar surface area (TPSA) is 23.5 Å². The summed E-state index contributed by atoms with van der Waals surface area (Å²) in [4.78, 5) is 2.22. The Morgan fingerprint density at radius 3 is 2.61 bits per heavy atom. The van der Waals surface area contributed by atoms with Crippen LogP contribution in [-0.2, 0) is 0 Å². The molecule has 1 aromatic carbocycles. The van der Waals surface area contributed by atoms with Gasteiger partial charge in [-0.1, -0.05) is 25.1 Å². The molecule has 2 unspecified atom stereocenters. The molecule has 0 amide bonds. The van der Waals surface area contributed by atoms with Gasteiger partial charge in [-0.2, -0.15) is 0 Å². The van der Waals surface area contributed by atoms with Crippen LogP contribution in [0.3, 0.4) is 0 Å². The second-order valence-corrected chi connectivity index (χ2v) is 5.86. The summed E-state index contributed by atoms with van der Waals surface area (Å²) in [7, 11) is 4.19. The molecule has 3 heteroatoms. The third-order valence-corrected chi connectivity index (χ3v) is 4.57. The van der Waals surface area contributed by atoms with Crippen LogP contribution >= 0.6 is 11.3 Å². The largest absolute Gasteiger partial charge is 0.396 e. The molecule has 2 nitrogen and oxygen atoms in total. The van der Waals surface area contributed by atoms with Gasteiger partial charge in [0, 0.05) is 23.3 Å². The average Bonchev–Trinajstić information content (AvgIpc) is 2.79. The van der Waals surface area contributed by atoms with Gasteiger partial charge in [-0.3, -0.25) is 0 Å². The van der Waals surface area contributed by atoms with Crippen molar-refractivity contribution in [3.63, 3.8) is 0 Å². The van der Waals surface area contributed by atoms with Crippen LogP contribution in [-0.4, -0.2) is 30.7 Å². The molecular formula is C15H21NOS. The summed E-state index contributed by atoms with van der Waals surface area (Å²) in [5.74, 6) is 0.290. The van der Waals surface area contributed by atoms with E-state index in [1.807, 2.05) is 0 Å². The maximum atomic E-state index is 9.59. The summed E-state index contributed by atoms with van der Waals surface area (Å²) in [6.07, 6.45) is 0.990. The van der Waals surface area contributed by atoms with Crippen LogP contribution in [0.4, 0.5) is 0 Å². The molecule has 0 aliphatic rings. The number of aliphatic hydroxyl groups excluding tert-OH is 1. The molecule has 0 saturated carbocycles. The van der Waals surface area contributed by atoms with Crippen LogP contribution in [0.25, 0.3) is 10.1 Å². The Hall–Kier alpha value is -0.900. The zero-order chi connectivity index (χ0) is 13.1. The van der Waals surface area contributed by atoms with E-state index in [2.05, 4.69) is 55.6 Å². The molecule has 18 heavy (non-hydrogen) atoms. The van der Waals surface area contributed by atoms with E-state index in [4.69, 9.17) is 0 Å². The second kappa shape index (κ2) is 5.83. The first-order valence-electron chi connectivity index (χ1n) is 6.42. The van der Waals surface area contributed by atoms with Crippen LogP contribution in [0.2, 0.25) is 0 Å². The van der Waals surface area contributed by atoms with Crippen molar-refractivity contribution in [2.75, 3.05) is 20.7 Å². The standard InChI is InChI=1S/C15H21NOS/c1-4-11(9-17)15(16(2)3)13-10-18-14-8-6-5-7-12(13)14/h5-8,10-11,15,17H,4,9H2,1-3H3. The summed E-state index contributed by atoms with van der Waals surface area (Å²) >= 11 is 1.79. The van der Waals surface area contributed by atoms with Crippen LogP contribution < -0.4 is 0 Å². The molecule has 0 radical (unpaired) electrons. The van der Waals surface area contributed by atoms with Gasteiger partial charge < -0.3 is 10.0 Å². The first-order chi connectivity index (χ1) is 8.69. The van der Waals surface area contributed by atoms with Gasteiger partial charge >= 0.3 is 0 Å². The zero-order valence-electron chi connectivity index (χ0n) is 11.3. The Bertz CT molecular complexity index is 502. The number of aliphatic hydroxyl groups is 1. The summed E-state index contributed by atoms with van der Waals surface area (Å²) in [6, 6.07) is 8.80. The van der Waals surface area contributed by atoms with E-state index in [-0.39, 0.29) is 18.6 Å². The number of thiophene rings is 1. The molecule has 2 rings (SSSR count). The van der Waals surface area contributed by atoms with Gasteiger partial charge in [0.1, 0.15) is 0 Å². The Morgan fingerprint density at radius 1 is 1.28 bits per heavy atom.